The van der Waals surface area contributed by atoms with Crippen LogP contribution in [0.2, 0.25) is 0 Å². The largest absolute Gasteiger partial charge is 0.349 e. The van der Waals surface area contributed by atoms with Crippen LogP contribution in [-0.2, 0) is 20.0 Å². The van der Waals surface area contributed by atoms with Crippen LogP contribution in [0.4, 0.5) is 5.82 Å². The van der Waals surface area contributed by atoms with Crippen LogP contribution in [0.1, 0.15) is 11.4 Å². The molecule has 2 aromatic heterocycles. The smallest absolute Gasteiger partial charge is 0.148 e. The number of anilines is 1. The van der Waals surface area contributed by atoms with Crippen LogP contribution >= 0.6 is 0 Å². The summed E-state index contributed by atoms with van der Waals surface area (Å²) < 4.78 is 2.11. The molecule has 5 nitrogen and oxygen atoms in total. The number of hydrogen-bond donors (Lipinski definition) is 0. The van der Waals surface area contributed by atoms with Gasteiger partial charge >= 0.3 is 0 Å². The number of para-hydroxylation sites is 2. The SMILES string of the molecule is Cn1cnc2c1CCN(c1cnc3ccccc3n1)C2. The predicted molar refractivity (Wildman–Crippen MR) is 77.5 cm³/mol. The van der Waals surface area contributed by atoms with Gasteiger partial charge in [0.25, 0.3) is 0 Å². The van der Waals surface area contributed by atoms with Crippen LogP contribution < -0.4 is 4.90 Å². The molecule has 0 bridgehead atoms. The molecular formula is C15H15N5. The van der Waals surface area contributed by atoms with Gasteiger partial charge < -0.3 is 9.47 Å². The van der Waals surface area contributed by atoms with E-state index in [1.807, 2.05) is 36.8 Å². The van der Waals surface area contributed by atoms with Gasteiger partial charge in [0.2, 0.25) is 0 Å². The summed E-state index contributed by atoms with van der Waals surface area (Å²) in [6.45, 7) is 1.77. The molecule has 5 heteroatoms. The van der Waals surface area contributed by atoms with Crippen molar-refractivity contribution < 1.29 is 0 Å². The van der Waals surface area contributed by atoms with Crippen LogP contribution in [0, 0.1) is 0 Å². The van der Waals surface area contributed by atoms with Crippen LogP contribution in [0.25, 0.3) is 11.0 Å². The predicted octanol–water partition coefficient (Wildman–Crippen LogP) is 1.93. The van der Waals surface area contributed by atoms with Gasteiger partial charge in [0.15, 0.2) is 0 Å². The summed E-state index contributed by atoms with van der Waals surface area (Å²) in [5.41, 5.74) is 4.35. The lowest BCUT2D eigenvalue weighted by atomic mass is 10.1. The molecule has 0 saturated heterocycles. The minimum Gasteiger partial charge on any atom is -0.349 e. The van der Waals surface area contributed by atoms with Crippen molar-refractivity contribution in [3.63, 3.8) is 0 Å². The second-order valence-corrected chi connectivity index (χ2v) is 5.14. The lowest BCUT2D eigenvalue weighted by Crippen LogP contribution is -2.31. The van der Waals surface area contributed by atoms with E-state index >= 15 is 0 Å². The summed E-state index contributed by atoms with van der Waals surface area (Å²) in [6.07, 6.45) is 4.75. The molecule has 1 aliphatic heterocycles. The maximum absolute atomic E-state index is 4.71. The standard InChI is InChI=1S/C15H15N5/c1-19-10-17-13-9-20(7-6-14(13)19)15-8-16-11-4-2-3-5-12(11)18-15/h2-5,8,10H,6-7,9H2,1H3. The third-order valence-electron chi connectivity index (χ3n) is 3.86. The summed E-state index contributed by atoms with van der Waals surface area (Å²) in [5.74, 6) is 0.931. The maximum Gasteiger partial charge on any atom is 0.148 e. The minimum absolute atomic E-state index is 0.809. The molecule has 1 aliphatic rings. The van der Waals surface area contributed by atoms with Gasteiger partial charge in [-0.1, -0.05) is 12.1 Å². The number of rotatable bonds is 1. The van der Waals surface area contributed by atoms with Crippen LogP contribution in [-0.4, -0.2) is 26.1 Å². The summed E-state index contributed by atoms with van der Waals surface area (Å²) in [6, 6.07) is 7.97. The van der Waals surface area contributed by atoms with Crippen molar-refractivity contribution in [1.29, 1.82) is 0 Å². The van der Waals surface area contributed by atoms with E-state index in [1.54, 1.807) is 0 Å². The van der Waals surface area contributed by atoms with Gasteiger partial charge in [-0.3, -0.25) is 4.98 Å². The van der Waals surface area contributed by atoms with Crippen molar-refractivity contribution in [3.8, 4) is 0 Å². The molecule has 0 atom stereocenters. The molecule has 100 valence electrons. The van der Waals surface area contributed by atoms with Gasteiger partial charge in [0, 0.05) is 25.7 Å². The molecule has 0 amide bonds. The first-order chi connectivity index (χ1) is 9.81. The summed E-state index contributed by atoms with van der Waals surface area (Å²) >= 11 is 0. The molecule has 3 aromatic rings. The topological polar surface area (TPSA) is 46.8 Å². The molecule has 0 saturated carbocycles. The van der Waals surface area contributed by atoms with Gasteiger partial charge in [-0.15, -0.1) is 0 Å². The molecule has 1 aromatic carbocycles. The molecule has 0 fully saturated rings. The van der Waals surface area contributed by atoms with E-state index in [4.69, 9.17) is 4.98 Å². The highest BCUT2D eigenvalue weighted by Crippen LogP contribution is 2.22. The molecule has 0 radical (unpaired) electrons. The molecular weight excluding hydrogens is 250 g/mol. The highest BCUT2D eigenvalue weighted by atomic mass is 15.2. The molecule has 0 unspecified atom stereocenters. The lowest BCUT2D eigenvalue weighted by Gasteiger charge is -2.27. The van der Waals surface area contributed by atoms with E-state index in [1.165, 1.54) is 5.69 Å². The first-order valence-electron chi connectivity index (χ1n) is 6.77. The highest BCUT2D eigenvalue weighted by Gasteiger charge is 2.21. The Labute approximate surface area is 116 Å². The molecule has 3 heterocycles. The minimum atomic E-state index is 0.809. The monoisotopic (exact) mass is 265 g/mol. The molecule has 0 aliphatic carbocycles. The number of benzene rings is 1. The average Bonchev–Trinajstić information content (AvgIpc) is 2.88. The quantitative estimate of drug-likeness (QED) is 0.674. The van der Waals surface area contributed by atoms with Crippen LogP contribution in [0.3, 0.4) is 0 Å². The van der Waals surface area contributed by atoms with Crippen LogP contribution in [0.5, 0.6) is 0 Å². The molecule has 20 heavy (non-hydrogen) atoms. The van der Waals surface area contributed by atoms with Gasteiger partial charge in [0.05, 0.1) is 35.8 Å². The number of aromatic nitrogens is 4. The summed E-state index contributed by atoms with van der Waals surface area (Å²) in [4.78, 5) is 15.9. The van der Waals surface area contributed by atoms with Crippen molar-refractivity contribution in [2.45, 2.75) is 13.0 Å². The molecule has 0 spiro atoms. The van der Waals surface area contributed by atoms with Crippen molar-refractivity contribution in [2.75, 3.05) is 11.4 Å². The number of nitrogens with zero attached hydrogens (tertiary/aromatic N) is 5. The number of aryl methyl sites for hydroxylation is 1. The van der Waals surface area contributed by atoms with E-state index in [0.29, 0.717) is 0 Å². The fourth-order valence-corrected chi connectivity index (χ4v) is 2.75. The summed E-state index contributed by atoms with van der Waals surface area (Å²) in [7, 11) is 2.05. The third kappa shape index (κ3) is 1.74. The number of imidazole rings is 1. The Bertz CT molecular complexity index is 777. The van der Waals surface area contributed by atoms with E-state index in [9.17, 15) is 0 Å². The van der Waals surface area contributed by atoms with E-state index in [2.05, 4.69) is 26.5 Å². The van der Waals surface area contributed by atoms with Crippen molar-refractivity contribution in [1.82, 2.24) is 19.5 Å². The Hall–Kier alpha value is -2.43. The Balaban J connectivity index is 1.70. The van der Waals surface area contributed by atoms with Crippen molar-refractivity contribution in [2.24, 2.45) is 7.05 Å². The van der Waals surface area contributed by atoms with Crippen molar-refractivity contribution >= 4 is 16.9 Å². The number of hydrogen-bond acceptors (Lipinski definition) is 4. The van der Waals surface area contributed by atoms with Gasteiger partial charge in [0.1, 0.15) is 5.82 Å². The van der Waals surface area contributed by atoms with Crippen LogP contribution in [0.15, 0.2) is 36.8 Å². The van der Waals surface area contributed by atoms with Crippen molar-refractivity contribution in [3.05, 3.63) is 48.2 Å². The van der Waals surface area contributed by atoms with E-state index < -0.39 is 0 Å². The Morgan fingerprint density at radius 3 is 2.85 bits per heavy atom. The maximum atomic E-state index is 4.71. The average molecular weight is 265 g/mol. The summed E-state index contributed by atoms with van der Waals surface area (Å²) in [5, 5.41) is 0. The zero-order valence-corrected chi connectivity index (χ0v) is 11.3. The second-order valence-electron chi connectivity index (χ2n) is 5.14. The van der Waals surface area contributed by atoms with E-state index in [0.717, 1.165) is 42.1 Å². The Morgan fingerprint density at radius 1 is 1.10 bits per heavy atom. The van der Waals surface area contributed by atoms with Gasteiger partial charge in [-0.05, 0) is 12.1 Å². The first kappa shape index (κ1) is 11.4. The second kappa shape index (κ2) is 4.30. The zero-order valence-electron chi connectivity index (χ0n) is 11.3. The Morgan fingerprint density at radius 2 is 1.95 bits per heavy atom. The Kier molecular flexibility index (Phi) is 2.45. The first-order valence-corrected chi connectivity index (χ1v) is 6.77. The normalized spacial score (nSPS) is 14.6. The fraction of sp³-hybridized carbons (Fsp3) is 0.267. The number of fused-ring (bicyclic) bond motifs is 2. The third-order valence-corrected chi connectivity index (χ3v) is 3.86. The lowest BCUT2D eigenvalue weighted by molar-refractivity contribution is 0.676. The van der Waals surface area contributed by atoms with Gasteiger partial charge in [-0.25, -0.2) is 9.97 Å². The van der Waals surface area contributed by atoms with E-state index in [-0.39, 0.29) is 0 Å². The fourth-order valence-electron chi connectivity index (χ4n) is 2.75. The zero-order chi connectivity index (χ0) is 13.5. The highest BCUT2D eigenvalue weighted by molar-refractivity contribution is 5.75. The molecule has 0 N–H and O–H groups in total. The van der Waals surface area contributed by atoms with Gasteiger partial charge in [-0.2, -0.15) is 0 Å². The molecule has 4 rings (SSSR count).